The summed E-state index contributed by atoms with van der Waals surface area (Å²) in [6.07, 6.45) is 1.38. The van der Waals surface area contributed by atoms with Crippen molar-refractivity contribution in [3.63, 3.8) is 0 Å². The average molecular weight is 465 g/mol. The van der Waals surface area contributed by atoms with Gasteiger partial charge in [-0.2, -0.15) is 0 Å². The highest BCUT2D eigenvalue weighted by Gasteiger charge is 2.32. The van der Waals surface area contributed by atoms with Gasteiger partial charge in [0.1, 0.15) is 0 Å². The van der Waals surface area contributed by atoms with Crippen LogP contribution in [-0.2, 0) is 20.6 Å². The molecule has 0 aromatic heterocycles. The number of hydrogen-bond donors (Lipinski definition) is 1. The number of benzene rings is 2. The fourth-order valence-corrected chi connectivity index (χ4v) is 5.40. The Bertz CT molecular complexity index is 975. The van der Waals surface area contributed by atoms with E-state index in [4.69, 9.17) is 0 Å². The number of amides is 1. The monoisotopic (exact) mass is 464 g/mol. The highest BCUT2D eigenvalue weighted by molar-refractivity contribution is 9.10. The van der Waals surface area contributed by atoms with Crippen molar-refractivity contribution < 1.29 is 13.2 Å². The Morgan fingerprint density at radius 2 is 1.93 bits per heavy atom. The van der Waals surface area contributed by atoms with Crippen LogP contribution >= 0.6 is 15.9 Å². The van der Waals surface area contributed by atoms with Gasteiger partial charge in [-0.1, -0.05) is 40.2 Å². The van der Waals surface area contributed by atoms with Crippen molar-refractivity contribution in [3.05, 3.63) is 63.6 Å². The largest absolute Gasteiger partial charge is 0.326 e. The van der Waals surface area contributed by atoms with E-state index in [-0.39, 0.29) is 24.1 Å². The Balaban J connectivity index is 1.68. The smallest absolute Gasteiger partial charge is 0.228 e. The molecule has 0 aliphatic carbocycles. The summed E-state index contributed by atoms with van der Waals surface area (Å²) in [7, 11) is -3.46. The highest BCUT2D eigenvalue weighted by atomic mass is 79.9. The van der Waals surface area contributed by atoms with Gasteiger partial charge in [0.15, 0.2) is 0 Å². The van der Waals surface area contributed by atoms with E-state index in [2.05, 4.69) is 21.2 Å². The maximum atomic E-state index is 12.9. The molecule has 28 heavy (non-hydrogen) atoms. The third-order valence-electron chi connectivity index (χ3n) is 5.17. The summed E-state index contributed by atoms with van der Waals surface area (Å²) < 4.78 is 28.3. The van der Waals surface area contributed by atoms with Crippen molar-refractivity contribution in [3.8, 4) is 0 Å². The van der Waals surface area contributed by atoms with Crippen LogP contribution < -0.4 is 5.32 Å². The fraction of sp³-hybridized carbons (Fsp3) is 0.381. The summed E-state index contributed by atoms with van der Waals surface area (Å²) in [6, 6.07) is 13.1. The van der Waals surface area contributed by atoms with Gasteiger partial charge in [0, 0.05) is 23.2 Å². The molecule has 2 aromatic carbocycles. The zero-order valence-electron chi connectivity index (χ0n) is 16.1. The third kappa shape index (κ3) is 5.01. The van der Waals surface area contributed by atoms with Crippen LogP contribution in [0.3, 0.4) is 0 Å². The van der Waals surface area contributed by atoms with Crippen LogP contribution in [0.25, 0.3) is 0 Å². The minimum absolute atomic E-state index is 0.0279. The topological polar surface area (TPSA) is 66.5 Å². The number of hydrogen-bond acceptors (Lipinski definition) is 3. The lowest BCUT2D eigenvalue weighted by atomic mass is 9.98. The second-order valence-corrected chi connectivity index (χ2v) is 10.2. The normalized spacial score (nSPS) is 18.0. The Morgan fingerprint density at radius 1 is 1.18 bits per heavy atom. The standard InChI is InChI=1S/C21H25BrN2O3S/c1-15-6-3-4-7-18(15)14-28(26,27)24-11-5-8-17(13-24)21(25)23-19-9-10-20(22)16(2)12-19/h3-4,6-7,9-10,12,17H,5,8,11,13-14H2,1-2H3,(H,23,25)/t17-/m0/s1. The van der Waals surface area contributed by atoms with Crippen molar-refractivity contribution in [1.29, 1.82) is 0 Å². The molecule has 1 saturated heterocycles. The van der Waals surface area contributed by atoms with Crippen LogP contribution in [0, 0.1) is 19.8 Å². The molecule has 0 spiro atoms. The van der Waals surface area contributed by atoms with Gasteiger partial charge in [0.2, 0.25) is 15.9 Å². The first-order valence-corrected chi connectivity index (χ1v) is 11.8. The molecule has 7 heteroatoms. The summed E-state index contributed by atoms with van der Waals surface area (Å²) in [5.41, 5.74) is 3.52. The van der Waals surface area contributed by atoms with Crippen LogP contribution in [0.2, 0.25) is 0 Å². The highest BCUT2D eigenvalue weighted by Crippen LogP contribution is 2.25. The van der Waals surface area contributed by atoms with E-state index in [0.717, 1.165) is 26.9 Å². The van der Waals surface area contributed by atoms with Gasteiger partial charge in [-0.15, -0.1) is 0 Å². The van der Waals surface area contributed by atoms with Crippen molar-refractivity contribution in [2.24, 2.45) is 5.92 Å². The summed E-state index contributed by atoms with van der Waals surface area (Å²) in [6.45, 7) is 4.57. The molecule has 1 heterocycles. The summed E-state index contributed by atoms with van der Waals surface area (Å²) in [5.74, 6) is -0.498. The first kappa shape index (κ1) is 21.0. The number of nitrogens with one attached hydrogen (secondary N) is 1. The SMILES string of the molecule is Cc1cc(NC(=O)[C@H]2CCCN(S(=O)(=O)Cc3ccccc3C)C2)ccc1Br. The number of carbonyl (C=O) groups is 1. The molecule has 1 amide bonds. The summed E-state index contributed by atoms with van der Waals surface area (Å²) in [5, 5.41) is 2.93. The zero-order valence-corrected chi connectivity index (χ0v) is 18.5. The number of rotatable bonds is 5. The Hall–Kier alpha value is -1.70. The number of piperidine rings is 1. The van der Waals surface area contributed by atoms with E-state index >= 15 is 0 Å². The van der Waals surface area contributed by atoms with Crippen LogP contribution in [0.1, 0.15) is 29.5 Å². The number of halogens is 1. The second-order valence-electron chi connectivity index (χ2n) is 7.33. The van der Waals surface area contributed by atoms with E-state index in [9.17, 15) is 13.2 Å². The van der Waals surface area contributed by atoms with Gasteiger partial charge in [0.05, 0.1) is 11.7 Å². The Kier molecular flexibility index (Phi) is 6.58. The van der Waals surface area contributed by atoms with Crippen molar-refractivity contribution >= 4 is 37.5 Å². The lowest BCUT2D eigenvalue weighted by Gasteiger charge is -2.31. The predicted molar refractivity (Wildman–Crippen MR) is 116 cm³/mol. The molecular formula is C21H25BrN2O3S. The molecule has 2 aromatic rings. The first-order valence-electron chi connectivity index (χ1n) is 9.35. The fourth-order valence-electron chi connectivity index (χ4n) is 3.44. The van der Waals surface area contributed by atoms with Crippen molar-refractivity contribution in [2.45, 2.75) is 32.4 Å². The maximum Gasteiger partial charge on any atom is 0.228 e. The van der Waals surface area contributed by atoms with Gasteiger partial charge in [0.25, 0.3) is 0 Å². The molecule has 5 nitrogen and oxygen atoms in total. The molecule has 1 atom stereocenters. The van der Waals surface area contributed by atoms with Crippen LogP contribution in [0.4, 0.5) is 5.69 Å². The molecular weight excluding hydrogens is 440 g/mol. The van der Waals surface area contributed by atoms with Gasteiger partial charge >= 0.3 is 0 Å². The third-order valence-corrected chi connectivity index (χ3v) is 7.86. The van der Waals surface area contributed by atoms with Gasteiger partial charge in [-0.3, -0.25) is 4.79 Å². The molecule has 1 aliphatic rings. The molecule has 0 saturated carbocycles. The zero-order chi connectivity index (χ0) is 20.3. The predicted octanol–water partition coefficient (Wildman–Crippen LogP) is 4.25. The van der Waals surface area contributed by atoms with Crippen LogP contribution in [-0.4, -0.2) is 31.7 Å². The minimum atomic E-state index is -3.46. The summed E-state index contributed by atoms with van der Waals surface area (Å²) >= 11 is 3.45. The lowest BCUT2D eigenvalue weighted by molar-refractivity contribution is -0.120. The molecule has 0 unspecified atom stereocenters. The Morgan fingerprint density at radius 3 is 2.64 bits per heavy atom. The van der Waals surface area contributed by atoms with Gasteiger partial charge in [-0.25, -0.2) is 12.7 Å². The average Bonchev–Trinajstić information content (AvgIpc) is 2.66. The van der Waals surface area contributed by atoms with Crippen LogP contribution in [0.5, 0.6) is 0 Å². The van der Waals surface area contributed by atoms with E-state index < -0.39 is 10.0 Å². The summed E-state index contributed by atoms with van der Waals surface area (Å²) in [4.78, 5) is 12.7. The number of anilines is 1. The molecule has 0 bridgehead atoms. The number of carbonyl (C=O) groups excluding carboxylic acids is 1. The van der Waals surface area contributed by atoms with E-state index in [0.29, 0.717) is 19.4 Å². The van der Waals surface area contributed by atoms with E-state index in [1.807, 2.05) is 56.3 Å². The number of aryl methyl sites for hydroxylation is 2. The molecule has 3 rings (SSSR count). The first-order chi connectivity index (χ1) is 13.3. The van der Waals surface area contributed by atoms with Crippen molar-refractivity contribution in [1.82, 2.24) is 4.31 Å². The van der Waals surface area contributed by atoms with Crippen molar-refractivity contribution in [2.75, 3.05) is 18.4 Å². The lowest BCUT2D eigenvalue weighted by Crippen LogP contribution is -2.44. The molecule has 0 radical (unpaired) electrons. The minimum Gasteiger partial charge on any atom is -0.326 e. The second kappa shape index (κ2) is 8.76. The number of sulfonamides is 1. The Labute approximate surface area is 175 Å². The molecule has 1 aliphatic heterocycles. The van der Waals surface area contributed by atoms with Gasteiger partial charge < -0.3 is 5.32 Å². The van der Waals surface area contributed by atoms with Crippen LogP contribution in [0.15, 0.2) is 46.9 Å². The molecule has 1 N–H and O–H groups in total. The quantitative estimate of drug-likeness (QED) is 0.718. The molecule has 150 valence electrons. The number of nitrogens with zero attached hydrogens (tertiary/aromatic N) is 1. The van der Waals surface area contributed by atoms with E-state index in [1.54, 1.807) is 0 Å². The molecule has 1 fully saturated rings. The maximum absolute atomic E-state index is 12.9. The van der Waals surface area contributed by atoms with Gasteiger partial charge in [-0.05, 0) is 61.6 Å². The van der Waals surface area contributed by atoms with E-state index in [1.165, 1.54) is 4.31 Å².